The quantitative estimate of drug-likeness (QED) is 0.322. The Balaban J connectivity index is 0.00000267. The average Bonchev–Trinajstić information content (AvgIpc) is 2.94. The van der Waals surface area contributed by atoms with Crippen molar-refractivity contribution in [3.63, 3.8) is 0 Å². The van der Waals surface area contributed by atoms with Crippen LogP contribution in [0.25, 0.3) is 0 Å². The van der Waals surface area contributed by atoms with E-state index in [1.54, 1.807) is 26.0 Å². The molecule has 0 aliphatic carbocycles. The first-order valence-corrected chi connectivity index (χ1v) is 13.3. The lowest BCUT2D eigenvalue weighted by atomic mass is 9.72. The second kappa shape index (κ2) is 14.1. The largest absolute Gasteiger partial charge is 0.481 e. The molecule has 6 nitrogen and oxygen atoms in total. The van der Waals surface area contributed by atoms with E-state index in [-0.39, 0.29) is 23.8 Å². The molecule has 0 unspecified atom stereocenters. The molecular formula is C32H42ClNO5. The van der Waals surface area contributed by atoms with Gasteiger partial charge in [-0.1, -0.05) is 84.9 Å². The highest BCUT2D eigenvalue weighted by Gasteiger charge is 2.41. The van der Waals surface area contributed by atoms with Gasteiger partial charge < -0.3 is 25.7 Å². The van der Waals surface area contributed by atoms with Crippen LogP contribution in [0.3, 0.4) is 0 Å². The van der Waals surface area contributed by atoms with E-state index in [1.165, 1.54) is 0 Å². The lowest BCUT2D eigenvalue weighted by molar-refractivity contribution is -0.142. The molecule has 1 heterocycles. The molecule has 1 fully saturated rings. The van der Waals surface area contributed by atoms with Crippen LogP contribution >= 0.6 is 12.4 Å². The summed E-state index contributed by atoms with van der Waals surface area (Å²) in [5, 5.41) is 32.2. The molecule has 39 heavy (non-hydrogen) atoms. The SMILES string of the molecule is CC(C)(C(=O)O)c1ccc([C@@H](O)CCCN2CCC(C(O)(c3ccccc3)c3ccccc3)CC2)cc1.Cl.O. The second-order valence-electron chi connectivity index (χ2n) is 10.8. The Morgan fingerprint density at radius 1 is 0.872 bits per heavy atom. The molecule has 3 aromatic rings. The number of carboxylic acids is 1. The van der Waals surface area contributed by atoms with Crippen molar-refractivity contribution in [2.45, 2.75) is 56.7 Å². The molecule has 0 aromatic heterocycles. The number of carbonyl (C=O) groups is 1. The van der Waals surface area contributed by atoms with Gasteiger partial charge in [0.2, 0.25) is 0 Å². The highest BCUT2D eigenvalue weighted by molar-refractivity contribution is 5.85. The van der Waals surface area contributed by atoms with Gasteiger partial charge in [0.15, 0.2) is 0 Å². The standard InChI is InChI=1S/C32H39NO4.ClH.H2O/c1-31(2,30(35)36)25-17-15-24(16-18-25)29(34)14-9-21-33-22-19-28(20-23-33)32(37,26-10-5-3-6-11-26)27-12-7-4-8-13-27;;/h3-8,10-13,15-18,28-29,34,37H,9,14,19-23H2,1-2H3,(H,35,36);1H;1H2/t29-;;/m0../s1. The van der Waals surface area contributed by atoms with Crippen LogP contribution < -0.4 is 0 Å². The highest BCUT2D eigenvalue weighted by atomic mass is 35.5. The lowest BCUT2D eigenvalue weighted by Gasteiger charge is -2.42. The van der Waals surface area contributed by atoms with E-state index in [2.05, 4.69) is 4.90 Å². The van der Waals surface area contributed by atoms with E-state index < -0.39 is 23.1 Å². The van der Waals surface area contributed by atoms with Crippen LogP contribution in [0.2, 0.25) is 0 Å². The molecule has 0 bridgehead atoms. The second-order valence-corrected chi connectivity index (χ2v) is 10.8. The van der Waals surface area contributed by atoms with Gasteiger partial charge >= 0.3 is 5.97 Å². The van der Waals surface area contributed by atoms with E-state index in [0.29, 0.717) is 6.42 Å². The number of aliphatic hydroxyl groups is 2. The summed E-state index contributed by atoms with van der Waals surface area (Å²) in [6.45, 7) is 6.11. The van der Waals surface area contributed by atoms with Gasteiger partial charge in [0.05, 0.1) is 11.5 Å². The number of hydrogen-bond donors (Lipinski definition) is 3. The smallest absolute Gasteiger partial charge is 0.313 e. The highest BCUT2D eigenvalue weighted by Crippen LogP contribution is 2.42. The number of aliphatic carboxylic acids is 1. The normalized spacial score (nSPS) is 15.6. The van der Waals surface area contributed by atoms with Gasteiger partial charge in [0.1, 0.15) is 5.60 Å². The van der Waals surface area contributed by atoms with Gasteiger partial charge in [-0.25, -0.2) is 0 Å². The van der Waals surface area contributed by atoms with Crippen LogP contribution in [-0.2, 0) is 15.8 Å². The van der Waals surface area contributed by atoms with Crippen LogP contribution in [0.5, 0.6) is 0 Å². The maximum atomic E-state index is 12.1. The summed E-state index contributed by atoms with van der Waals surface area (Å²) in [6, 6.07) is 27.3. The minimum atomic E-state index is -1.01. The molecular weight excluding hydrogens is 514 g/mol. The molecule has 7 heteroatoms. The topological polar surface area (TPSA) is 112 Å². The average molecular weight is 556 g/mol. The van der Waals surface area contributed by atoms with Gasteiger partial charge in [-0.05, 0) is 87.3 Å². The fraction of sp³-hybridized carbons (Fsp3) is 0.406. The zero-order valence-electron chi connectivity index (χ0n) is 22.8. The number of nitrogens with zero attached hydrogens (tertiary/aromatic N) is 1. The predicted molar refractivity (Wildman–Crippen MR) is 157 cm³/mol. The summed E-state index contributed by atoms with van der Waals surface area (Å²) in [6.07, 6.45) is 2.77. The first-order chi connectivity index (χ1) is 17.7. The van der Waals surface area contributed by atoms with Gasteiger partial charge in [0.25, 0.3) is 0 Å². The number of likely N-dealkylation sites (tertiary alicyclic amines) is 1. The zero-order chi connectivity index (χ0) is 26.5. The van der Waals surface area contributed by atoms with Crippen LogP contribution in [0, 0.1) is 5.92 Å². The van der Waals surface area contributed by atoms with Crippen LogP contribution in [0.4, 0.5) is 0 Å². The zero-order valence-corrected chi connectivity index (χ0v) is 23.6. The van der Waals surface area contributed by atoms with Crippen molar-refractivity contribution in [2.75, 3.05) is 19.6 Å². The molecule has 1 aliphatic heterocycles. The Bertz CT molecular complexity index is 1110. The summed E-state index contributed by atoms with van der Waals surface area (Å²) >= 11 is 0. The number of halogens is 1. The molecule has 0 spiro atoms. The third-order valence-corrected chi connectivity index (χ3v) is 8.11. The summed E-state index contributed by atoms with van der Waals surface area (Å²) in [5.41, 5.74) is 1.47. The third-order valence-electron chi connectivity index (χ3n) is 8.11. The number of benzene rings is 3. The minimum absolute atomic E-state index is 0. The van der Waals surface area contributed by atoms with Crippen LogP contribution in [-0.4, -0.2) is 51.3 Å². The molecule has 4 rings (SSSR count). The Labute approximate surface area is 238 Å². The van der Waals surface area contributed by atoms with Gasteiger partial charge in [0, 0.05) is 0 Å². The molecule has 3 aromatic carbocycles. The Morgan fingerprint density at radius 3 is 1.82 bits per heavy atom. The fourth-order valence-electron chi connectivity index (χ4n) is 5.52. The molecule has 1 saturated heterocycles. The summed E-state index contributed by atoms with van der Waals surface area (Å²) in [7, 11) is 0. The Hall–Kier alpha value is -2.74. The number of piperidine rings is 1. The maximum absolute atomic E-state index is 12.1. The summed E-state index contributed by atoms with van der Waals surface area (Å²) in [5.74, 6) is -0.733. The fourth-order valence-corrected chi connectivity index (χ4v) is 5.52. The van der Waals surface area contributed by atoms with Crippen molar-refractivity contribution >= 4 is 18.4 Å². The van der Waals surface area contributed by atoms with Crippen molar-refractivity contribution in [3.8, 4) is 0 Å². The number of carboxylic acid groups (broad SMARTS) is 1. The van der Waals surface area contributed by atoms with Crippen molar-refractivity contribution in [3.05, 3.63) is 107 Å². The number of rotatable bonds is 10. The first-order valence-electron chi connectivity index (χ1n) is 13.3. The summed E-state index contributed by atoms with van der Waals surface area (Å²) in [4.78, 5) is 13.9. The van der Waals surface area contributed by atoms with E-state index in [0.717, 1.165) is 61.2 Å². The van der Waals surface area contributed by atoms with Gasteiger partial charge in [-0.15, -0.1) is 12.4 Å². The minimum Gasteiger partial charge on any atom is -0.481 e. The van der Waals surface area contributed by atoms with Gasteiger partial charge in [-0.2, -0.15) is 0 Å². The summed E-state index contributed by atoms with van der Waals surface area (Å²) < 4.78 is 0. The molecule has 212 valence electrons. The van der Waals surface area contributed by atoms with Crippen LogP contribution in [0.15, 0.2) is 84.9 Å². The molecule has 0 amide bonds. The van der Waals surface area contributed by atoms with Gasteiger partial charge in [-0.3, -0.25) is 4.79 Å². The molecule has 5 N–H and O–H groups in total. The van der Waals surface area contributed by atoms with E-state index >= 15 is 0 Å². The van der Waals surface area contributed by atoms with E-state index in [1.807, 2.05) is 72.8 Å². The van der Waals surface area contributed by atoms with Crippen molar-refractivity contribution in [1.29, 1.82) is 0 Å². The number of aliphatic hydroxyl groups excluding tert-OH is 1. The predicted octanol–water partition coefficient (Wildman–Crippen LogP) is 5.11. The lowest BCUT2D eigenvalue weighted by Crippen LogP contribution is -2.44. The molecule has 0 radical (unpaired) electrons. The van der Waals surface area contributed by atoms with Crippen molar-refractivity contribution in [2.24, 2.45) is 5.92 Å². The number of hydrogen-bond acceptors (Lipinski definition) is 4. The van der Waals surface area contributed by atoms with E-state index in [4.69, 9.17) is 0 Å². The monoisotopic (exact) mass is 555 g/mol. The van der Waals surface area contributed by atoms with Crippen molar-refractivity contribution < 1.29 is 25.6 Å². The molecule has 1 atom stereocenters. The van der Waals surface area contributed by atoms with E-state index in [9.17, 15) is 20.1 Å². The Kier molecular flexibility index (Phi) is 11.7. The molecule has 0 saturated carbocycles. The van der Waals surface area contributed by atoms with Crippen LogP contribution in [0.1, 0.15) is 67.9 Å². The third kappa shape index (κ3) is 7.27. The maximum Gasteiger partial charge on any atom is 0.313 e. The van der Waals surface area contributed by atoms with Crippen molar-refractivity contribution in [1.82, 2.24) is 4.90 Å². The first kappa shape index (κ1) is 32.5. The molecule has 1 aliphatic rings. The Morgan fingerprint density at radius 2 is 1.36 bits per heavy atom.